The third kappa shape index (κ3) is 3.13. The van der Waals surface area contributed by atoms with Crippen LogP contribution in [0.5, 0.6) is 5.75 Å². The van der Waals surface area contributed by atoms with Gasteiger partial charge in [-0.25, -0.2) is 4.98 Å². The molecule has 0 saturated heterocycles. The number of aromatic nitrogens is 1. The zero-order valence-corrected chi connectivity index (χ0v) is 14.6. The number of fused-ring (bicyclic) bond motifs is 1. The number of hydrogen-bond donors (Lipinski definition) is 0. The lowest BCUT2D eigenvalue weighted by Crippen LogP contribution is -2.03. The summed E-state index contributed by atoms with van der Waals surface area (Å²) in [5.41, 5.74) is 4.37. The summed E-state index contributed by atoms with van der Waals surface area (Å²) in [4.78, 5) is 17.0. The minimum absolute atomic E-state index is 0.0535. The van der Waals surface area contributed by atoms with Crippen molar-refractivity contribution < 1.29 is 9.53 Å². The molecule has 3 aromatic rings. The molecular formula is C19H16BrNO2. The molecule has 0 bridgehead atoms. The standard InChI is InChI=1S/C19H16BrNO2/c1-12-3-8-17-15(9-12)16(19(22)11-20)10-18(21-17)13-4-6-14(23-2)7-5-13/h3-10H,11H2,1-2H3. The Kier molecular flexibility index (Phi) is 4.44. The van der Waals surface area contributed by atoms with Crippen LogP contribution in [-0.2, 0) is 0 Å². The second-order valence-electron chi connectivity index (χ2n) is 5.36. The molecule has 2 aromatic carbocycles. The fraction of sp³-hybridized carbons (Fsp3) is 0.158. The lowest BCUT2D eigenvalue weighted by atomic mass is 10.0. The number of halogens is 1. The van der Waals surface area contributed by atoms with E-state index in [2.05, 4.69) is 15.9 Å². The van der Waals surface area contributed by atoms with E-state index < -0.39 is 0 Å². The molecule has 0 fully saturated rings. The second kappa shape index (κ2) is 6.50. The predicted octanol–water partition coefficient (Wildman–Crippen LogP) is 4.80. The lowest BCUT2D eigenvalue weighted by Gasteiger charge is -2.10. The summed E-state index contributed by atoms with van der Waals surface area (Å²) in [5, 5.41) is 1.19. The SMILES string of the molecule is COc1ccc(-c2cc(C(=O)CBr)c3cc(C)ccc3n2)cc1. The Balaban J connectivity index is 2.21. The molecule has 1 heterocycles. The Morgan fingerprint density at radius 2 is 1.87 bits per heavy atom. The molecule has 23 heavy (non-hydrogen) atoms. The number of methoxy groups -OCH3 is 1. The van der Waals surface area contributed by atoms with Gasteiger partial charge in [-0.3, -0.25) is 4.79 Å². The Morgan fingerprint density at radius 1 is 1.13 bits per heavy atom. The number of rotatable bonds is 4. The molecule has 0 radical (unpaired) electrons. The van der Waals surface area contributed by atoms with Crippen LogP contribution < -0.4 is 4.74 Å². The number of ketones is 1. The summed E-state index contributed by atoms with van der Waals surface area (Å²) in [6.45, 7) is 2.01. The molecule has 0 aliphatic rings. The number of hydrogen-bond acceptors (Lipinski definition) is 3. The topological polar surface area (TPSA) is 39.2 Å². The maximum Gasteiger partial charge on any atom is 0.174 e. The molecule has 116 valence electrons. The van der Waals surface area contributed by atoms with Crippen molar-refractivity contribution in [3.8, 4) is 17.0 Å². The Hall–Kier alpha value is -2.20. The van der Waals surface area contributed by atoms with Crippen LogP contribution in [0.1, 0.15) is 15.9 Å². The Bertz CT molecular complexity index is 872. The van der Waals surface area contributed by atoms with E-state index in [1.165, 1.54) is 0 Å². The molecular weight excluding hydrogens is 354 g/mol. The summed E-state index contributed by atoms with van der Waals surface area (Å²) < 4.78 is 5.19. The number of carbonyl (C=O) groups is 1. The molecule has 0 spiro atoms. The Labute approximate surface area is 143 Å². The van der Waals surface area contributed by atoms with Gasteiger partial charge in [0.15, 0.2) is 5.78 Å². The summed E-state index contributed by atoms with van der Waals surface area (Å²) in [6.07, 6.45) is 0. The molecule has 0 N–H and O–H groups in total. The molecule has 0 amide bonds. The first-order valence-corrected chi connectivity index (χ1v) is 8.39. The molecule has 3 nitrogen and oxygen atoms in total. The van der Waals surface area contributed by atoms with Crippen LogP contribution in [0.15, 0.2) is 48.5 Å². The quantitative estimate of drug-likeness (QED) is 0.489. The van der Waals surface area contributed by atoms with E-state index in [1.807, 2.05) is 55.5 Å². The van der Waals surface area contributed by atoms with Gasteiger partial charge in [-0.1, -0.05) is 27.6 Å². The highest BCUT2D eigenvalue weighted by Gasteiger charge is 2.13. The van der Waals surface area contributed by atoms with Gasteiger partial charge in [0, 0.05) is 16.5 Å². The van der Waals surface area contributed by atoms with Crippen LogP contribution in [0.25, 0.3) is 22.2 Å². The van der Waals surface area contributed by atoms with E-state index in [4.69, 9.17) is 9.72 Å². The highest BCUT2D eigenvalue weighted by Crippen LogP contribution is 2.27. The molecule has 3 rings (SSSR count). The minimum Gasteiger partial charge on any atom is -0.497 e. The average molecular weight is 370 g/mol. The maximum atomic E-state index is 12.3. The van der Waals surface area contributed by atoms with Crippen LogP contribution in [-0.4, -0.2) is 23.2 Å². The smallest absolute Gasteiger partial charge is 0.174 e. The summed E-state index contributed by atoms with van der Waals surface area (Å²) >= 11 is 3.27. The second-order valence-corrected chi connectivity index (χ2v) is 5.92. The van der Waals surface area contributed by atoms with Gasteiger partial charge < -0.3 is 4.74 Å². The number of benzene rings is 2. The van der Waals surface area contributed by atoms with Gasteiger partial charge >= 0.3 is 0 Å². The van der Waals surface area contributed by atoms with Crippen molar-refractivity contribution in [2.24, 2.45) is 0 Å². The first-order valence-electron chi connectivity index (χ1n) is 7.27. The molecule has 0 saturated carbocycles. The normalized spacial score (nSPS) is 10.7. The van der Waals surface area contributed by atoms with Crippen LogP contribution in [0.2, 0.25) is 0 Å². The van der Waals surface area contributed by atoms with Gasteiger partial charge in [0.25, 0.3) is 0 Å². The van der Waals surface area contributed by atoms with Gasteiger partial charge in [0.1, 0.15) is 5.75 Å². The van der Waals surface area contributed by atoms with Crippen molar-refractivity contribution in [1.82, 2.24) is 4.98 Å². The van der Waals surface area contributed by atoms with Crippen LogP contribution >= 0.6 is 15.9 Å². The third-order valence-electron chi connectivity index (χ3n) is 3.77. The zero-order valence-electron chi connectivity index (χ0n) is 13.0. The molecule has 0 aliphatic carbocycles. The first-order chi connectivity index (χ1) is 11.1. The molecule has 1 aromatic heterocycles. The molecule has 4 heteroatoms. The average Bonchev–Trinajstić information content (AvgIpc) is 2.60. The summed E-state index contributed by atoms with van der Waals surface area (Å²) in [6, 6.07) is 15.5. The number of alkyl halides is 1. The van der Waals surface area contributed by atoms with Gasteiger partial charge in [-0.05, 0) is 49.4 Å². The van der Waals surface area contributed by atoms with Gasteiger partial charge in [0.2, 0.25) is 0 Å². The predicted molar refractivity (Wildman–Crippen MR) is 96.6 cm³/mol. The number of carbonyl (C=O) groups excluding carboxylic acids is 1. The lowest BCUT2D eigenvalue weighted by molar-refractivity contribution is 0.102. The van der Waals surface area contributed by atoms with Crippen molar-refractivity contribution in [3.63, 3.8) is 0 Å². The van der Waals surface area contributed by atoms with Crippen molar-refractivity contribution in [3.05, 3.63) is 59.7 Å². The van der Waals surface area contributed by atoms with Crippen molar-refractivity contribution in [2.75, 3.05) is 12.4 Å². The highest BCUT2D eigenvalue weighted by atomic mass is 79.9. The third-order valence-corrected chi connectivity index (χ3v) is 4.28. The summed E-state index contributed by atoms with van der Waals surface area (Å²) in [7, 11) is 1.64. The molecule has 0 atom stereocenters. The van der Waals surface area contributed by atoms with Crippen molar-refractivity contribution in [1.29, 1.82) is 0 Å². The number of Topliss-reactive ketones (excluding diaryl/α,β-unsaturated/α-hetero) is 1. The first kappa shape index (κ1) is 15.7. The fourth-order valence-electron chi connectivity index (χ4n) is 2.55. The van der Waals surface area contributed by atoms with Gasteiger partial charge in [-0.2, -0.15) is 0 Å². The number of pyridine rings is 1. The minimum atomic E-state index is 0.0535. The van der Waals surface area contributed by atoms with E-state index >= 15 is 0 Å². The van der Waals surface area contributed by atoms with Gasteiger partial charge in [0.05, 0.1) is 23.7 Å². The zero-order chi connectivity index (χ0) is 16.4. The fourth-order valence-corrected chi connectivity index (χ4v) is 2.85. The molecule has 0 aliphatic heterocycles. The van der Waals surface area contributed by atoms with Crippen LogP contribution in [0.3, 0.4) is 0 Å². The van der Waals surface area contributed by atoms with E-state index in [0.717, 1.165) is 33.5 Å². The largest absolute Gasteiger partial charge is 0.497 e. The highest BCUT2D eigenvalue weighted by molar-refractivity contribution is 9.09. The van der Waals surface area contributed by atoms with E-state index in [1.54, 1.807) is 7.11 Å². The van der Waals surface area contributed by atoms with Gasteiger partial charge in [-0.15, -0.1) is 0 Å². The van der Waals surface area contributed by atoms with E-state index in [9.17, 15) is 4.79 Å². The Morgan fingerprint density at radius 3 is 2.52 bits per heavy atom. The van der Waals surface area contributed by atoms with Crippen molar-refractivity contribution in [2.45, 2.75) is 6.92 Å². The van der Waals surface area contributed by atoms with Crippen molar-refractivity contribution >= 4 is 32.6 Å². The monoisotopic (exact) mass is 369 g/mol. The number of nitrogens with zero attached hydrogens (tertiary/aromatic N) is 1. The maximum absolute atomic E-state index is 12.3. The van der Waals surface area contributed by atoms with E-state index in [0.29, 0.717) is 10.9 Å². The number of ether oxygens (including phenoxy) is 1. The molecule has 0 unspecified atom stereocenters. The van der Waals surface area contributed by atoms with Crippen LogP contribution in [0.4, 0.5) is 0 Å². The number of aryl methyl sites for hydroxylation is 1. The summed E-state index contributed by atoms with van der Waals surface area (Å²) in [5.74, 6) is 0.847. The van der Waals surface area contributed by atoms with Crippen LogP contribution in [0, 0.1) is 6.92 Å². The van der Waals surface area contributed by atoms with E-state index in [-0.39, 0.29) is 5.78 Å².